The van der Waals surface area contributed by atoms with Crippen molar-refractivity contribution in [2.75, 3.05) is 46.0 Å². The Morgan fingerprint density at radius 2 is 2.19 bits per heavy atom. The number of hydrogen-bond donors (Lipinski definition) is 2. The van der Waals surface area contributed by atoms with E-state index in [9.17, 15) is 0 Å². The Balaban J connectivity index is 1.82. The van der Waals surface area contributed by atoms with Gasteiger partial charge in [0.2, 0.25) is 0 Å². The Morgan fingerprint density at radius 3 is 2.88 bits per heavy atom. The second-order valence-electron chi connectivity index (χ2n) is 5.46. The fraction of sp³-hybridized carbons (Fsp3) is 1.00. The first-order chi connectivity index (χ1) is 7.66. The topological polar surface area (TPSA) is 44.7 Å². The van der Waals surface area contributed by atoms with Gasteiger partial charge in [-0.25, -0.2) is 0 Å². The number of likely N-dealkylation sites (tertiary alicyclic amines) is 1. The fourth-order valence-corrected chi connectivity index (χ4v) is 3.23. The third kappa shape index (κ3) is 2.25. The molecule has 2 aliphatic heterocycles. The molecule has 0 aliphatic carbocycles. The van der Waals surface area contributed by atoms with Crippen LogP contribution < -0.4 is 5.32 Å². The first-order valence-electron chi connectivity index (χ1n) is 6.30. The van der Waals surface area contributed by atoms with Crippen molar-refractivity contribution in [1.29, 1.82) is 0 Å². The molecule has 2 heterocycles. The molecule has 16 heavy (non-hydrogen) atoms. The van der Waals surface area contributed by atoms with Crippen LogP contribution in [0.5, 0.6) is 0 Å². The van der Waals surface area contributed by atoms with E-state index in [4.69, 9.17) is 9.84 Å². The molecule has 2 N–H and O–H groups in total. The number of hydrogen-bond acceptors (Lipinski definition) is 4. The van der Waals surface area contributed by atoms with Gasteiger partial charge in [-0.1, -0.05) is 0 Å². The number of ether oxygens (including phenoxy) is 1. The van der Waals surface area contributed by atoms with Gasteiger partial charge in [0.1, 0.15) is 0 Å². The number of fused-ring (bicyclic) bond motifs is 1. The van der Waals surface area contributed by atoms with Crippen LogP contribution in [0.2, 0.25) is 0 Å². The van der Waals surface area contributed by atoms with Crippen molar-refractivity contribution in [3.63, 3.8) is 0 Å². The highest BCUT2D eigenvalue weighted by Crippen LogP contribution is 2.40. The molecule has 0 spiro atoms. The monoisotopic (exact) mass is 228 g/mol. The van der Waals surface area contributed by atoms with Crippen molar-refractivity contribution in [3.8, 4) is 0 Å². The predicted molar refractivity (Wildman–Crippen MR) is 63.4 cm³/mol. The Kier molecular flexibility index (Phi) is 3.85. The minimum atomic E-state index is 0.124. The van der Waals surface area contributed by atoms with Crippen LogP contribution in [0.15, 0.2) is 0 Å². The zero-order chi connectivity index (χ0) is 11.6. The van der Waals surface area contributed by atoms with Crippen molar-refractivity contribution >= 4 is 0 Å². The second-order valence-corrected chi connectivity index (χ2v) is 5.46. The molecule has 0 radical (unpaired) electrons. The molecule has 0 aromatic carbocycles. The molecule has 2 rings (SSSR count). The quantitative estimate of drug-likeness (QED) is 0.646. The number of aliphatic hydroxyl groups is 1. The van der Waals surface area contributed by atoms with Gasteiger partial charge in [0.15, 0.2) is 0 Å². The van der Waals surface area contributed by atoms with Crippen LogP contribution in [0.1, 0.15) is 13.8 Å². The molecule has 4 heteroatoms. The summed E-state index contributed by atoms with van der Waals surface area (Å²) in [6, 6.07) is 0. The number of rotatable bonds is 5. The lowest BCUT2D eigenvalue weighted by Gasteiger charge is -2.35. The Hall–Kier alpha value is -0.160. The van der Waals surface area contributed by atoms with Gasteiger partial charge < -0.3 is 15.2 Å². The molecule has 2 unspecified atom stereocenters. The van der Waals surface area contributed by atoms with Crippen molar-refractivity contribution in [2.45, 2.75) is 19.4 Å². The summed E-state index contributed by atoms with van der Waals surface area (Å²) in [5.41, 5.74) is 0.288. The van der Waals surface area contributed by atoms with Gasteiger partial charge in [-0.3, -0.25) is 4.90 Å². The maximum Gasteiger partial charge on any atom is 0.0698 e. The van der Waals surface area contributed by atoms with Crippen LogP contribution in [0.3, 0.4) is 0 Å². The van der Waals surface area contributed by atoms with Crippen LogP contribution in [-0.2, 0) is 4.74 Å². The van der Waals surface area contributed by atoms with Crippen LogP contribution in [-0.4, -0.2) is 61.5 Å². The highest BCUT2D eigenvalue weighted by Gasteiger charge is 2.48. The molecular formula is C12H24N2O2. The van der Waals surface area contributed by atoms with E-state index in [2.05, 4.69) is 24.1 Å². The molecule has 2 fully saturated rings. The van der Waals surface area contributed by atoms with E-state index in [0.29, 0.717) is 6.61 Å². The number of nitrogens with zero attached hydrogens (tertiary/aromatic N) is 1. The molecule has 0 bridgehead atoms. The van der Waals surface area contributed by atoms with Gasteiger partial charge in [0.25, 0.3) is 0 Å². The van der Waals surface area contributed by atoms with E-state index in [1.54, 1.807) is 0 Å². The third-order valence-corrected chi connectivity index (χ3v) is 4.26. The summed E-state index contributed by atoms with van der Waals surface area (Å²) in [4.78, 5) is 2.54. The second kappa shape index (κ2) is 5.00. The summed E-state index contributed by atoms with van der Waals surface area (Å²) >= 11 is 0. The summed E-state index contributed by atoms with van der Waals surface area (Å²) < 4.78 is 5.35. The van der Waals surface area contributed by atoms with E-state index < -0.39 is 0 Å². The van der Waals surface area contributed by atoms with Crippen LogP contribution in [0.25, 0.3) is 0 Å². The third-order valence-electron chi connectivity index (χ3n) is 4.26. The van der Waals surface area contributed by atoms with Crippen molar-refractivity contribution in [2.24, 2.45) is 11.8 Å². The number of aliphatic hydroxyl groups excluding tert-OH is 1. The van der Waals surface area contributed by atoms with Crippen molar-refractivity contribution < 1.29 is 9.84 Å². The first kappa shape index (κ1) is 12.3. The highest BCUT2D eigenvalue weighted by molar-refractivity contribution is 5.04. The molecule has 2 atom stereocenters. The lowest BCUT2D eigenvalue weighted by atomic mass is 9.85. The zero-order valence-corrected chi connectivity index (χ0v) is 10.4. The SMILES string of the molecule is CC1(C)C2CNCC2CN1CCOCCO. The molecule has 2 saturated heterocycles. The van der Waals surface area contributed by atoms with Crippen LogP contribution in [0, 0.1) is 11.8 Å². The summed E-state index contributed by atoms with van der Waals surface area (Å²) in [7, 11) is 0. The van der Waals surface area contributed by atoms with Gasteiger partial charge in [-0.2, -0.15) is 0 Å². The molecule has 0 amide bonds. The van der Waals surface area contributed by atoms with Crippen molar-refractivity contribution in [1.82, 2.24) is 10.2 Å². The van der Waals surface area contributed by atoms with E-state index in [1.165, 1.54) is 13.1 Å². The summed E-state index contributed by atoms with van der Waals surface area (Å²) in [5.74, 6) is 1.60. The maximum atomic E-state index is 8.65. The summed E-state index contributed by atoms with van der Waals surface area (Å²) in [6.07, 6.45) is 0. The van der Waals surface area contributed by atoms with E-state index in [1.807, 2.05) is 0 Å². The largest absolute Gasteiger partial charge is 0.394 e. The van der Waals surface area contributed by atoms with Gasteiger partial charge in [0.05, 0.1) is 19.8 Å². The molecule has 4 nitrogen and oxygen atoms in total. The minimum Gasteiger partial charge on any atom is -0.394 e. The lowest BCUT2D eigenvalue weighted by molar-refractivity contribution is 0.0517. The number of nitrogens with one attached hydrogen (secondary N) is 1. The average molecular weight is 228 g/mol. The van der Waals surface area contributed by atoms with Crippen LogP contribution >= 0.6 is 0 Å². The Bertz CT molecular complexity index is 233. The first-order valence-corrected chi connectivity index (χ1v) is 6.30. The highest BCUT2D eigenvalue weighted by atomic mass is 16.5. The Morgan fingerprint density at radius 1 is 1.38 bits per heavy atom. The standard InChI is InChI=1S/C12H24N2O2/c1-12(2)11-8-13-7-10(11)9-14(12)3-5-16-6-4-15/h10-11,13,15H,3-9H2,1-2H3. The fourth-order valence-electron chi connectivity index (χ4n) is 3.23. The molecule has 0 aromatic heterocycles. The minimum absolute atomic E-state index is 0.124. The van der Waals surface area contributed by atoms with E-state index >= 15 is 0 Å². The molecular weight excluding hydrogens is 204 g/mol. The van der Waals surface area contributed by atoms with Gasteiger partial charge in [-0.15, -0.1) is 0 Å². The van der Waals surface area contributed by atoms with Gasteiger partial charge in [0, 0.05) is 25.2 Å². The molecule has 94 valence electrons. The van der Waals surface area contributed by atoms with E-state index in [0.717, 1.165) is 31.5 Å². The smallest absolute Gasteiger partial charge is 0.0698 e. The Labute approximate surface area is 98.0 Å². The summed E-state index contributed by atoms with van der Waals surface area (Å²) in [6.45, 7) is 10.5. The van der Waals surface area contributed by atoms with E-state index in [-0.39, 0.29) is 12.1 Å². The molecule has 2 aliphatic rings. The van der Waals surface area contributed by atoms with Gasteiger partial charge in [-0.05, 0) is 32.2 Å². The maximum absolute atomic E-state index is 8.65. The lowest BCUT2D eigenvalue weighted by Crippen LogP contribution is -2.45. The average Bonchev–Trinajstić information content (AvgIpc) is 2.78. The normalized spacial score (nSPS) is 33.2. The van der Waals surface area contributed by atoms with Gasteiger partial charge >= 0.3 is 0 Å². The zero-order valence-electron chi connectivity index (χ0n) is 10.4. The predicted octanol–water partition coefficient (Wildman–Crippen LogP) is -0.0749. The van der Waals surface area contributed by atoms with Crippen LogP contribution in [0.4, 0.5) is 0 Å². The molecule has 0 aromatic rings. The summed E-state index contributed by atoms with van der Waals surface area (Å²) in [5, 5.41) is 12.1. The molecule has 0 saturated carbocycles. The van der Waals surface area contributed by atoms with Crippen molar-refractivity contribution in [3.05, 3.63) is 0 Å².